The Kier molecular flexibility index (Phi) is 5.75. The molecule has 3 aromatic rings. The highest BCUT2D eigenvalue weighted by molar-refractivity contribution is 6.05. The minimum Gasteiger partial charge on any atom is -0.478 e. The van der Waals surface area contributed by atoms with E-state index in [9.17, 15) is 14.7 Å². The number of benzene rings is 1. The largest absolute Gasteiger partial charge is 0.478 e. The molecule has 0 spiro atoms. The maximum Gasteiger partial charge on any atom is 0.336 e. The van der Waals surface area contributed by atoms with Gasteiger partial charge in [-0.15, -0.1) is 0 Å². The van der Waals surface area contributed by atoms with Crippen LogP contribution in [0, 0.1) is 0 Å². The summed E-state index contributed by atoms with van der Waals surface area (Å²) in [5, 5.41) is 16.5. The normalized spacial score (nSPS) is 21.2. The molecule has 2 saturated carbocycles. The highest BCUT2D eigenvalue weighted by Crippen LogP contribution is 2.39. The van der Waals surface area contributed by atoms with Crippen LogP contribution in [0.25, 0.3) is 0 Å². The van der Waals surface area contributed by atoms with E-state index in [2.05, 4.69) is 25.6 Å². The molecule has 3 N–H and O–H groups in total. The summed E-state index contributed by atoms with van der Waals surface area (Å²) in [6, 6.07) is 9.36. The summed E-state index contributed by atoms with van der Waals surface area (Å²) in [7, 11) is 0. The molecule has 6 rings (SSSR count). The average Bonchev–Trinajstić information content (AvgIpc) is 3.65. The van der Waals surface area contributed by atoms with E-state index in [1.165, 1.54) is 18.4 Å². The smallest absolute Gasteiger partial charge is 0.336 e. The van der Waals surface area contributed by atoms with Crippen molar-refractivity contribution in [1.82, 2.24) is 15.0 Å². The molecule has 0 unspecified atom stereocenters. The number of aromatic carboxylic acids is 1. The number of anilines is 4. The lowest BCUT2D eigenvalue weighted by Crippen LogP contribution is -2.31. The molecule has 3 aliphatic rings. The van der Waals surface area contributed by atoms with Crippen molar-refractivity contribution < 1.29 is 14.7 Å². The van der Waals surface area contributed by atoms with E-state index in [0.29, 0.717) is 41.3 Å². The number of aromatic nitrogens is 3. The fraction of sp³-hybridized carbons (Fsp3) is 0.370. The second-order valence-corrected chi connectivity index (χ2v) is 9.85. The number of hydrogen-bond acceptors (Lipinski definition) is 7. The Balaban J connectivity index is 1.10. The van der Waals surface area contributed by atoms with Gasteiger partial charge in [0.1, 0.15) is 5.82 Å². The lowest BCUT2D eigenvalue weighted by Gasteiger charge is -2.30. The molecule has 1 amide bonds. The Hall–Kier alpha value is -4.01. The average molecular weight is 485 g/mol. The minimum absolute atomic E-state index is 0.0651. The van der Waals surface area contributed by atoms with Gasteiger partial charge in [-0.25, -0.2) is 19.7 Å². The summed E-state index contributed by atoms with van der Waals surface area (Å²) in [6.45, 7) is 0. The van der Waals surface area contributed by atoms with E-state index >= 15 is 0 Å². The number of hydrogen-bond donors (Lipinski definition) is 3. The highest BCUT2D eigenvalue weighted by atomic mass is 16.4. The molecule has 3 heterocycles. The number of carboxylic acids is 1. The zero-order valence-corrected chi connectivity index (χ0v) is 19.9. The number of pyridine rings is 1. The van der Waals surface area contributed by atoms with Crippen LogP contribution in [0.3, 0.4) is 0 Å². The fourth-order valence-electron chi connectivity index (χ4n) is 5.29. The van der Waals surface area contributed by atoms with Gasteiger partial charge in [0, 0.05) is 30.9 Å². The van der Waals surface area contributed by atoms with Gasteiger partial charge in [0.2, 0.25) is 11.9 Å². The van der Waals surface area contributed by atoms with Crippen molar-refractivity contribution in [3.05, 3.63) is 65.6 Å². The molecule has 9 nitrogen and oxygen atoms in total. The van der Waals surface area contributed by atoms with Gasteiger partial charge in [-0.1, -0.05) is 6.07 Å². The summed E-state index contributed by atoms with van der Waals surface area (Å²) < 4.78 is 0. The molecule has 9 heteroatoms. The van der Waals surface area contributed by atoms with E-state index in [4.69, 9.17) is 0 Å². The number of amides is 1. The SMILES string of the molecule is O=C(O)c1cccc2c1CCC(=O)N2c1ccc(N[C@@H]2CC[C@H](Nc3ncc(C4CC4)cn3)C2)nc1. The first-order valence-electron chi connectivity index (χ1n) is 12.5. The maximum absolute atomic E-state index is 12.8. The molecule has 0 radical (unpaired) electrons. The maximum atomic E-state index is 12.8. The first kappa shape index (κ1) is 22.5. The van der Waals surface area contributed by atoms with Crippen LogP contribution in [0.15, 0.2) is 48.9 Å². The Morgan fingerprint density at radius 3 is 2.39 bits per heavy atom. The van der Waals surface area contributed by atoms with Crippen LogP contribution in [-0.4, -0.2) is 44.0 Å². The van der Waals surface area contributed by atoms with Crippen molar-refractivity contribution >= 4 is 35.0 Å². The predicted molar refractivity (Wildman–Crippen MR) is 136 cm³/mol. The van der Waals surface area contributed by atoms with Crippen molar-refractivity contribution in [3.63, 3.8) is 0 Å². The van der Waals surface area contributed by atoms with Crippen molar-refractivity contribution in [2.24, 2.45) is 0 Å². The monoisotopic (exact) mass is 484 g/mol. The third kappa shape index (κ3) is 4.48. The van der Waals surface area contributed by atoms with Crippen LogP contribution >= 0.6 is 0 Å². The van der Waals surface area contributed by atoms with Gasteiger partial charge in [0.25, 0.3) is 0 Å². The van der Waals surface area contributed by atoms with Crippen LogP contribution in [0.5, 0.6) is 0 Å². The standard InChI is InChI=1S/C27H28N6O3/c34-25-11-9-21-22(26(35)36)2-1-3-23(21)33(25)20-8-10-24(28-15-20)31-18-6-7-19(12-18)32-27-29-13-17(14-30-27)16-4-5-16/h1-3,8,10,13-16,18-19H,4-7,9,11-12H2,(H,28,31)(H,35,36)(H,29,30,32)/t18-,19+/m1/s1. The van der Waals surface area contributed by atoms with E-state index in [0.717, 1.165) is 25.1 Å². The number of carbonyl (C=O) groups is 2. The van der Waals surface area contributed by atoms with Crippen LogP contribution in [0.4, 0.5) is 23.1 Å². The Morgan fingerprint density at radius 2 is 1.69 bits per heavy atom. The molecule has 0 saturated heterocycles. The molecule has 2 atom stereocenters. The molecule has 184 valence electrons. The summed E-state index contributed by atoms with van der Waals surface area (Å²) in [5.74, 6) is 1.04. The first-order chi connectivity index (χ1) is 17.5. The van der Waals surface area contributed by atoms with Gasteiger partial charge >= 0.3 is 5.97 Å². The molecule has 1 aromatic carbocycles. The molecule has 36 heavy (non-hydrogen) atoms. The molecular weight excluding hydrogens is 456 g/mol. The van der Waals surface area contributed by atoms with Crippen LogP contribution < -0.4 is 15.5 Å². The van der Waals surface area contributed by atoms with Gasteiger partial charge < -0.3 is 15.7 Å². The molecule has 2 aliphatic carbocycles. The van der Waals surface area contributed by atoms with E-state index in [1.807, 2.05) is 24.5 Å². The number of fused-ring (bicyclic) bond motifs is 1. The Labute approximate surface area is 209 Å². The van der Waals surface area contributed by atoms with Gasteiger partial charge in [0.05, 0.1) is 23.1 Å². The summed E-state index contributed by atoms with van der Waals surface area (Å²) in [4.78, 5) is 39.5. The first-order valence-corrected chi connectivity index (χ1v) is 12.5. The fourth-order valence-corrected chi connectivity index (χ4v) is 5.29. The Morgan fingerprint density at radius 1 is 0.917 bits per heavy atom. The summed E-state index contributed by atoms with van der Waals surface area (Å²) >= 11 is 0. The predicted octanol–water partition coefficient (Wildman–Crippen LogP) is 4.50. The third-order valence-electron chi connectivity index (χ3n) is 7.31. The number of carbonyl (C=O) groups excluding carboxylic acids is 1. The zero-order chi connectivity index (χ0) is 24.6. The zero-order valence-electron chi connectivity index (χ0n) is 19.9. The summed E-state index contributed by atoms with van der Waals surface area (Å²) in [5.41, 5.74) is 3.41. The van der Waals surface area contributed by atoms with Gasteiger partial charge in [-0.05, 0) is 79.8 Å². The highest BCUT2D eigenvalue weighted by Gasteiger charge is 2.30. The number of nitrogens with one attached hydrogen (secondary N) is 2. The van der Waals surface area contributed by atoms with Crippen LogP contribution in [0.1, 0.15) is 65.9 Å². The lowest BCUT2D eigenvalue weighted by molar-refractivity contribution is -0.118. The van der Waals surface area contributed by atoms with Gasteiger partial charge in [-0.3, -0.25) is 9.69 Å². The van der Waals surface area contributed by atoms with E-state index in [1.54, 1.807) is 29.3 Å². The molecule has 2 fully saturated rings. The topological polar surface area (TPSA) is 120 Å². The van der Waals surface area contributed by atoms with Crippen molar-refractivity contribution in [2.45, 2.75) is 62.9 Å². The second-order valence-electron chi connectivity index (χ2n) is 9.85. The number of rotatable bonds is 7. The lowest BCUT2D eigenvalue weighted by atomic mass is 9.95. The number of nitrogens with zero attached hydrogens (tertiary/aromatic N) is 4. The van der Waals surface area contributed by atoms with Crippen LogP contribution in [0.2, 0.25) is 0 Å². The summed E-state index contributed by atoms with van der Waals surface area (Å²) in [6.07, 6.45) is 11.7. The molecule has 0 bridgehead atoms. The third-order valence-corrected chi connectivity index (χ3v) is 7.31. The molecule has 1 aliphatic heterocycles. The molecule has 2 aromatic heterocycles. The van der Waals surface area contributed by atoms with Crippen molar-refractivity contribution in [2.75, 3.05) is 15.5 Å². The van der Waals surface area contributed by atoms with Crippen molar-refractivity contribution in [3.8, 4) is 0 Å². The Bertz CT molecular complexity index is 1290. The minimum atomic E-state index is -0.981. The van der Waals surface area contributed by atoms with Crippen LogP contribution in [-0.2, 0) is 11.2 Å². The van der Waals surface area contributed by atoms with Crippen molar-refractivity contribution in [1.29, 1.82) is 0 Å². The van der Waals surface area contributed by atoms with E-state index in [-0.39, 0.29) is 23.9 Å². The molecular formula is C27H28N6O3. The number of carboxylic acid groups (broad SMARTS) is 1. The van der Waals surface area contributed by atoms with Gasteiger partial charge in [-0.2, -0.15) is 0 Å². The van der Waals surface area contributed by atoms with E-state index < -0.39 is 5.97 Å². The van der Waals surface area contributed by atoms with Gasteiger partial charge in [0.15, 0.2) is 0 Å². The second kappa shape index (κ2) is 9.22. The quantitative estimate of drug-likeness (QED) is 0.448.